The number of unbranched alkanes of at least 4 members (excludes halogenated alkanes) is 5. The molecule has 1 atom stereocenters. The van der Waals surface area contributed by atoms with Gasteiger partial charge in [0.1, 0.15) is 0 Å². The zero-order valence-electron chi connectivity index (χ0n) is 16.5. The molecule has 0 heterocycles. The third-order valence-electron chi connectivity index (χ3n) is 4.12. The molecule has 0 aromatic heterocycles. The molecule has 0 saturated heterocycles. The first-order valence-electron chi connectivity index (χ1n) is 10.2. The van der Waals surface area contributed by atoms with Crippen molar-refractivity contribution >= 4 is 5.91 Å². The standard InChI is InChI=1S/C22H39NO3/c1-2-3-4-5-6-7-8-9-10-11-12-13-14-15-16-17-22(26)23-21(20-25)18-19-24/h3-4,6-7,9-10,21,24-25H,2,5,8,11-20H2,1H3,(H,23,26)/b4-3-,7-6-,10-9-/t21-/m1/s1. The molecule has 4 nitrogen and oxygen atoms in total. The Labute approximate surface area is 160 Å². The Hall–Kier alpha value is -1.39. The molecule has 0 aliphatic carbocycles. The van der Waals surface area contributed by atoms with Gasteiger partial charge in [-0.15, -0.1) is 0 Å². The average Bonchev–Trinajstić information content (AvgIpc) is 2.64. The summed E-state index contributed by atoms with van der Waals surface area (Å²) in [7, 11) is 0. The minimum atomic E-state index is -0.318. The van der Waals surface area contributed by atoms with Gasteiger partial charge in [-0.05, 0) is 44.9 Å². The summed E-state index contributed by atoms with van der Waals surface area (Å²) in [6, 6.07) is -0.318. The van der Waals surface area contributed by atoms with Crippen LogP contribution in [0, 0.1) is 0 Å². The molecular formula is C22H39NO3. The summed E-state index contributed by atoms with van der Waals surface area (Å²) < 4.78 is 0. The van der Waals surface area contributed by atoms with Gasteiger partial charge in [0.25, 0.3) is 0 Å². The van der Waals surface area contributed by atoms with Crippen LogP contribution in [0.15, 0.2) is 36.5 Å². The number of hydrogen-bond acceptors (Lipinski definition) is 3. The number of carbonyl (C=O) groups excluding carboxylic acids is 1. The highest BCUT2D eigenvalue weighted by molar-refractivity contribution is 5.76. The predicted molar refractivity (Wildman–Crippen MR) is 110 cm³/mol. The lowest BCUT2D eigenvalue weighted by atomic mass is 10.1. The second kappa shape index (κ2) is 19.9. The third kappa shape index (κ3) is 17.4. The number of carbonyl (C=O) groups is 1. The molecule has 0 saturated carbocycles. The van der Waals surface area contributed by atoms with E-state index in [0.717, 1.165) is 44.9 Å². The summed E-state index contributed by atoms with van der Waals surface area (Å²) in [5.74, 6) is -0.0290. The van der Waals surface area contributed by atoms with E-state index in [1.54, 1.807) is 0 Å². The highest BCUT2D eigenvalue weighted by Gasteiger charge is 2.09. The van der Waals surface area contributed by atoms with Crippen LogP contribution >= 0.6 is 0 Å². The topological polar surface area (TPSA) is 69.6 Å². The van der Waals surface area contributed by atoms with Gasteiger partial charge in [0.2, 0.25) is 5.91 Å². The molecule has 150 valence electrons. The van der Waals surface area contributed by atoms with Gasteiger partial charge >= 0.3 is 0 Å². The molecule has 1 amide bonds. The van der Waals surface area contributed by atoms with Crippen molar-refractivity contribution in [2.45, 2.75) is 83.6 Å². The minimum Gasteiger partial charge on any atom is -0.396 e. The maximum absolute atomic E-state index is 11.7. The number of nitrogens with one attached hydrogen (secondary N) is 1. The van der Waals surface area contributed by atoms with Crippen LogP contribution in [-0.4, -0.2) is 35.4 Å². The second-order valence-corrected chi connectivity index (χ2v) is 6.56. The van der Waals surface area contributed by atoms with Gasteiger partial charge in [-0.1, -0.05) is 62.6 Å². The lowest BCUT2D eigenvalue weighted by Gasteiger charge is -2.14. The van der Waals surface area contributed by atoms with Crippen LogP contribution in [0.2, 0.25) is 0 Å². The number of aliphatic hydroxyl groups is 2. The predicted octanol–water partition coefficient (Wildman–Crippen LogP) is 4.44. The van der Waals surface area contributed by atoms with Gasteiger partial charge < -0.3 is 15.5 Å². The molecule has 0 unspecified atom stereocenters. The van der Waals surface area contributed by atoms with Crippen LogP contribution in [0.1, 0.15) is 77.6 Å². The van der Waals surface area contributed by atoms with Crippen molar-refractivity contribution in [1.29, 1.82) is 0 Å². The lowest BCUT2D eigenvalue weighted by molar-refractivity contribution is -0.122. The van der Waals surface area contributed by atoms with Crippen molar-refractivity contribution < 1.29 is 15.0 Å². The van der Waals surface area contributed by atoms with E-state index >= 15 is 0 Å². The smallest absolute Gasteiger partial charge is 0.220 e. The molecule has 3 N–H and O–H groups in total. The summed E-state index contributed by atoms with van der Waals surface area (Å²) in [5.41, 5.74) is 0. The summed E-state index contributed by atoms with van der Waals surface area (Å²) >= 11 is 0. The van der Waals surface area contributed by atoms with Crippen LogP contribution in [0.5, 0.6) is 0 Å². The Bertz CT molecular complexity index is 402. The SMILES string of the molecule is CC/C=C\C/C=C\C/C=C\CCCCCCCC(=O)N[C@@H](CO)CCO. The van der Waals surface area contributed by atoms with Gasteiger partial charge in [-0.2, -0.15) is 0 Å². The van der Waals surface area contributed by atoms with Gasteiger partial charge in [-0.3, -0.25) is 4.79 Å². The minimum absolute atomic E-state index is 0.0213. The Morgan fingerprint density at radius 2 is 1.50 bits per heavy atom. The zero-order chi connectivity index (χ0) is 19.3. The number of allylic oxidation sites excluding steroid dienone is 6. The van der Waals surface area contributed by atoms with Gasteiger partial charge in [0.15, 0.2) is 0 Å². The Morgan fingerprint density at radius 1 is 0.885 bits per heavy atom. The average molecular weight is 366 g/mol. The van der Waals surface area contributed by atoms with E-state index < -0.39 is 0 Å². The molecule has 0 aliphatic rings. The fraction of sp³-hybridized carbons (Fsp3) is 0.682. The molecule has 0 bridgehead atoms. The Balaban J connectivity index is 3.44. The third-order valence-corrected chi connectivity index (χ3v) is 4.12. The first kappa shape index (κ1) is 24.6. The monoisotopic (exact) mass is 365 g/mol. The molecule has 0 radical (unpaired) electrons. The van der Waals surface area contributed by atoms with E-state index in [-0.39, 0.29) is 25.2 Å². The van der Waals surface area contributed by atoms with Gasteiger partial charge in [0.05, 0.1) is 12.6 Å². The normalized spacial score (nSPS) is 13.2. The van der Waals surface area contributed by atoms with Crippen molar-refractivity contribution in [3.05, 3.63) is 36.5 Å². The fourth-order valence-electron chi connectivity index (χ4n) is 2.57. The van der Waals surface area contributed by atoms with E-state index in [1.807, 2.05) is 0 Å². The number of aliphatic hydroxyl groups excluding tert-OH is 2. The van der Waals surface area contributed by atoms with Crippen LogP contribution in [0.25, 0.3) is 0 Å². The maximum Gasteiger partial charge on any atom is 0.220 e. The Kier molecular flexibility index (Phi) is 18.9. The second-order valence-electron chi connectivity index (χ2n) is 6.56. The summed E-state index contributed by atoms with van der Waals surface area (Å²) in [6.07, 6.45) is 24.0. The number of amides is 1. The highest BCUT2D eigenvalue weighted by Crippen LogP contribution is 2.08. The first-order chi connectivity index (χ1) is 12.7. The molecule has 0 aromatic carbocycles. The molecule has 26 heavy (non-hydrogen) atoms. The number of rotatable bonds is 17. The van der Waals surface area contributed by atoms with Crippen LogP contribution in [0.4, 0.5) is 0 Å². The summed E-state index contributed by atoms with van der Waals surface area (Å²) in [6.45, 7) is 2.01. The maximum atomic E-state index is 11.7. The fourth-order valence-corrected chi connectivity index (χ4v) is 2.57. The van der Waals surface area contributed by atoms with Crippen LogP contribution in [0.3, 0.4) is 0 Å². The Morgan fingerprint density at radius 3 is 2.15 bits per heavy atom. The molecule has 0 aromatic rings. The lowest BCUT2D eigenvalue weighted by Crippen LogP contribution is -2.37. The van der Waals surface area contributed by atoms with E-state index in [4.69, 9.17) is 10.2 Å². The van der Waals surface area contributed by atoms with E-state index in [1.165, 1.54) is 12.8 Å². The molecule has 4 heteroatoms. The van der Waals surface area contributed by atoms with Crippen LogP contribution < -0.4 is 5.32 Å². The van der Waals surface area contributed by atoms with Crippen molar-refractivity contribution in [3.8, 4) is 0 Å². The van der Waals surface area contributed by atoms with Crippen molar-refractivity contribution in [2.75, 3.05) is 13.2 Å². The number of hydrogen-bond donors (Lipinski definition) is 3. The van der Waals surface area contributed by atoms with Crippen molar-refractivity contribution in [2.24, 2.45) is 0 Å². The largest absolute Gasteiger partial charge is 0.396 e. The molecule has 0 spiro atoms. The van der Waals surface area contributed by atoms with Crippen molar-refractivity contribution in [3.63, 3.8) is 0 Å². The molecular weight excluding hydrogens is 326 g/mol. The highest BCUT2D eigenvalue weighted by atomic mass is 16.3. The molecule has 0 fully saturated rings. The first-order valence-corrected chi connectivity index (χ1v) is 10.2. The zero-order valence-corrected chi connectivity index (χ0v) is 16.5. The van der Waals surface area contributed by atoms with Crippen molar-refractivity contribution in [1.82, 2.24) is 5.32 Å². The quantitative estimate of drug-likeness (QED) is 0.264. The molecule has 0 rings (SSSR count). The molecule has 0 aliphatic heterocycles. The van der Waals surface area contributed by atoms with Gasteiger partial charge in [0, 0.05) is 13.0 Å². The van der Waals surface area contributed by atoms with Gasteiger partial charge in [-0.25, -0.2) is 0 Å². The summed E-state index contributed by atoms with van der Waals surface area (Å²) in [4.78, 5) is 11.7. The van der Waals surface area contributed by atoms with E-state index in [0.29, 0.717) is 12.8 Å². The van der Waals surface area contributed by atoms with Crippen LogP contribution in [-0.2, 0) is 4.79 Å². The summed E-state index contributed by atoms with van der Waals surface area (Å²) in [5, 5.41) is 20.6. The van der Waals surface area contributed by atoms with E-state index in [9.17, 15) is 4.79 Å². The van der Waals surface area contributed by atoms with E-state index in [2.05, 4.69) is 48.7 Å².